The lowest BCUT2D eigenvalue weighted by atomic mass is 9.96. The fraction of sp³-hybridized carbons (Fsp3) is 0.261. The van der Waals surface area contributed by atoms with Crippen LogP contribution in [0.4, 0.5) is 8.78 Å². The predicted octanol–water partition coefficient (Wildman–Crippen LogP) is 4.26. The zero-order valence-corrected chi connectivity index (χ0v) is 16.8. The lowest BCUT2D eigenvalue weighted by molar-refractivity contribution is 0.0677. The van der Waals surface area contributed by atoms with Gasteiger partial charge in [-0.1, -0.05) is 6.07 Å². The summed E-state index contributed by atoms with van der Waals surface area (Å²) in [4.78, 5) is 18.8. The SMILES string of the molecule is O=C(c1cccc(F)c1F)N1CCC(Cn2ccc3cc(-c4cn[nH]c4)ncc32)CC1. The summed E-state index contributed by atoms with van der Waals surface area (Å²) in [7, 11) is 0. The second kappa shape index (κ2) is 7.94. The first-order valence-corrected chi connectivity index (χ1v) is 10.3. The van der Waals surface area contributed by atoms with Crippen molar-refractivity contribution >= 4 is 16.8 Å². The van der Waals surface area contributed by atoms with Crippen LogP contribution in [-0.2, 0) is 6.54 Å². The molecule has 0 saturated carbocycles. The van der Waals surface area contributed by atoms with Crippen LogP contribution < -0.4 is 0 Å². The van der Waals surface area contributed by atoms with E-state index in [1.165, 1.54) is 12.1 Å². The first kappa shape index (κ1) is 19.4. The summed E-state index contributed by atoms with van der Waals surface area (Å²) < 4.78 is 29.6. The number of fused-ring (bicyclic) bond motifs is 1. The largest absolute Gasteiger partial charge is 0.346 e. The van der Waals surface area contributed by atoms with Gasteiger partial charge in [0.15, 0.2) is 11.6 Å². The molecule has 0 spiro atoms. The van der Waals surface area contributed by atoms with Gasteiger partial charge in [-0.05, 0) is 43.0 Å². The van der Waals surface area contributed by atoms with E-state index in [1.807, 2.05) is 18.5 Å². The maximum atomic E-state index is 14.0. The van der Waals surface area contributed by atoms with Gasteiger partial charge in [-0.2, -0.15) is 5.10 Å². The molecule has 0 unspecified atom stereocenters. The highest BCUT2D eigenvalue weighted by Gasteiger charge is 2.26. The number of rotatable bonds is 4. The molecule has 8 heteroatoms. The minimum Gasteiger partial charge on any atom is -0.346 e. The molecule has 31 heavy (non-hydrogen) atoms. The van der Waals surface area contributed by atoms with E-state index in [0.717, 1.165) is 47.6 Å². The third-order valence-corrected chi connectivity index (χ3v) is 5.99. The molecule has 1 N–H and O–H groups in total. The van der Waals surface area contributed by atoms with E-state index in [4.69, 9.17) is 0 Å². The van der Waals surface area contributed by atoms with Crippen LogP contribution in [0.3, 0.4) is 0 Å². The van der Waals surface area contributed by atoms with E-state index in [2.05, 4.69) is 32.0 Å². The Morgan fingerprint density at radius 1 is 1.16 bits per heavy atom. The van der Waals surface area contributed by atoms with Gasteiger partial charge in [0.25, 0.3) is 5.91 Å². The highest BCUT2D eigenvalue weighted by molar-refractivity contribution is 5.94. The molecular weight excluding hydrogens is 400 g/mol. The number of hydrogen-bond donors (Lipinski definition) is 1. The zero-order valence-electron chi connectivity index (χ0n) is 16.8. The van der Waals surface area contributed by atoms with E-state index in [9.17, 15) is 13.6 Å². The summed E-state index contributed by atoms with van der Waals surface area (Å²) in [5, 5.41) is 7.88. The third-order valence-electron chi connectivity index (χ3n) is 5.99. The fourth-order valence-electron chi connectivity index (χ4n) is 4.23. The number of H-pyrrole nitrogens is 1. The Bertz CT molecular complexity index is 1230. The number of hydrogen-bond acceptors (Lipinski definition) is 3. The maximum absolute atomic E-state index is 14.0. The molecule has 4 aromatic rings. The average Bonchev–Trinajstić information content (AvgIpc) is 3.46. The molecule has 0 aliphatic carbocycles. The van der Waals surface area contributed by atoms with Gasteiger partial charge < -0.3 is 9.47 Å². The van der Waals surface area contributed by atoms with E-state index < -0.39 is 17.5 Å². The number of halogens is 2. The predicted molar refractivity (Wildman–Crippen MR) is 112 cm³/mol. The average molecular weight is 421 g/mol. The number of nitrogens with one attached hydrogen (secondary N) is 1. The zero-order chi connectivity index (χ0) is 21.4. The van der Waals surface area contributed by atoms with Gasteiger partial charge in [0.1, 0.15) is 0 Å². The standard InChI is InChI=1S/C23H21F2N5O/c24-19-3-1-2-18(22(19)25)23(31)29-7-4-15(5-8-29)14-30-9-6-16-10-20(26-13-21(16)30)17-11-27-28-12-17/h1-3,6,9-13,15H,4-5,7-8,14H2,(H,27,28). The van der Waals surface area contributed by atoms with Crippen LogP contribution in [0.1, 0.15) is 23.2 Å². The van der Waals surface area contributed by atoms with Crippen LogP contribution >= 0.6 is 0 Å². The Labute approximate surface area is 177 Å². The number of pyridine rings is 1. The Morgan fingerprint density at radius 3 is 2.77 bits per heavy atom. The summed E-state index contributed by atoms with van der Waals surface area (Å²) in [6.45, 7) is 1.88. The van der Waals surface area contributed by atoms with Crippen LogP contribution in [0.5, 0.6) is 0 Å². The molecule has 0 radical (unpaired) electrons. The second-order valence-corrected chi connectivity index (χ2v) is 7.92. The fourth-order valence-corrected chi connectivity index (χ4v) is 4.23. The normalized spacial score (nSPS) is 15.0. The van der Waals surface area contributed by atoms with Crippen molar-refractivity contribution in [3.05, 3.63) is 72.3 Å². The molecular formula is C23H21F2N5O. The first-order valence-electron chi connectivity index (χ1n) is 10.3. The Balaban J connectivity index is 1.25. The van der Waals surface area contributed by atoms with Gasteiger partial charge in [0, 0.05) is 43.0 Å². The van der Waals surface area contributed by atoms with Gasteiger partial charge >= 0.3 is 0 Å². The topological polar surface area (TPSA) is 66.8 Å². The molecule has 4 heterocycles. The van der Waals surface area contributed by atoms with Gasteiger partial charge in [-0.25, -0.2) is 8.78 Å². The number of carbonyl (C=O) groups is 1. The van der Waals surface area contributed by atoms with Crippen molar-refractivity contribution in [1.82, 2.24) is 24.6 Å². The smallest absolute Gasteiger partial charge is 0.256 e. The number of aromatic amines is 1. The van der Waals surface area contributed by atoms with Crippen molar-refractivity contribution in [3.8, 4) is 11.3 Å². The van der Waals surface area contributed by atoms with Crippen LogP contribution in [-0.4, -0.2) is 43.6 Å². The number of carbonyl (C=O) groups excluding carboxylic acids is 1. The van der Waals surface area contributed by atoms with Gasteiger partial charge in [-0.15, -0.1) is 0 Å². The van der Waals surface area contributed by atoms with E-state index in [0.29, 0.717) is 19.0 Å². The van der Waals surface area contributed by atoms with Crippen molar-refractivity contribution in [3.63, 3.8) is 0 Å². The molecule has 6 nitrogen and oxygen atoms in total. The number of likely N-dealkylation sites (tertiary alicyclic amines) is 1. The molecule has 1 aliphatic rings. The monoisotopic (exact) mass is 421 g/mol. The number of aromatic nitrogens is 4. The molecule has 1 aliphatic heterocycles. The lowest BCUT2D eigenvalue weighted by Gasteiger charge is -2.32. The summed E-state index contributed by atoms with van der Waals surface area (Å²) in [6.07, 6.45) is 9.12. The second-order valence-electron chi connectivity index (χ2n) is 7.92. The summed E-state index contributed by atoms with van der Waals surface area (Å²) in [5.74, 6) is -2.12. The van der Waals surface area contributed by atoms with Crippen molar-refractivity contribution in [1.29, 1.82) is 0 Å². The number of piperidine rings is 1. The molecule has 1 fully saturated rings. The summed E-state index contributed by atoms with van der Waals surface area (Å²) in [5.41, 5.74) is 2.68. The molecule has 1 amide bonds. The third kappa shape index (κ3) is 3.69. The van der Waals surface area contributed by atoms with Crippen LogP contribution in [0.2, 0.25) is 0 Å². The molecule has 0 bridgehead atoms. The molecule has 158 valence electrons. The Hall–Kier alpha value is -3.55. The van der Waals surface area contributed by atoms with Gasteiger partial charge in [0.2, 0.25) is 0 Å². The van der Waals surface area contributed by atoms with Crippen LogP contribution in [0, 0.1) is 17.6 Å². The molecule has 3 aromatic heterocycles. The first-order chi connectivity index (χ1) is 15.1. The van der Waals surface area contributed by atoms with Crippen molar-refractivity contribution in [2.75, 3.05) is 13.1 Å². The van der Waals surface area contributed by atoms with Crippen LogP contribution in [0.15, 0.2) is 55.1 Å². The quantitative estimate of drug-likeness (QED) is 0.536. The molecule has 1 saturated heterocycles. The Morgan fingerprint density at radius 2 is 2.00 bits per heavy atom. The lowest BCUT2D eigenvalue weighted by Crippen LogP contribution is -2.39. The van der Waals surface area contributed by atoms with E-state index in [1.54, 1.807) is 11.1 Å². The minimum atomic E-state index is -1.07. The number of nitrogens with zero attached hydrogens (tertiary/aromatic N) is 4. The molecule has 1 aromatic carbocycles. The number of benzene rings is 1. The summed E-state index contributed by atoms with van der Waals surface area (Å²) >= 11 is 0. The maximum Gasteiger partial charge on any atom is 0.256 e. The molecule has 5 rings (SSSR count). The van der Waals surface area contributed by atoms with E-state index >= 15 is 0 Å². The van der Waals surface area contributed by atoms with Crippen LogP contribution in [0.25, 0.3) is 22.2 Å². The van der Waals surface area contributed by atoms with Crippen molar-refractivity contribution in [2.45, 2.75) is 19.4 Å². The minimum absolute atomic E-state index is 0.200. The van der Waals surface area contributed by atoms with Crippen molar-refractivity contribution in [2.24, 2.45) is 5.92 Å². The molecule has 0 atom stereocenters. The van der Waals surface area contributed by atoms with Gasteiger partial charge in [0.05, 0.1) is 29.2 Å². The van der Waals surface area contributed by atoms with E-state index in [-0.39, 0.29) is 5.56 Å². The van der Waals surface area contributed by atoms with Gasteiger partial charge in [-0.3, -0.25) is 14.9 Å². The Kier molecular flexibility index (Phi) is 4.97. The van der Waals surface area contributed by atoms with Crippen molar-refractivity contribution < 1.29 is 13.6 Å². The highest BCUT2D eigenvalue weighted by Crippen LogP contribution is 2.26. The summed E-state index contributed by atoms with van der Waals surface area (Å²) in [6, 6.07) is 7.84. The number of amides is 1. The highest BCUT2D eigenvalue weighted by atomic mass is 19.2.